The van der Waals surface area contributed by atoms with Crippen LogP contribution in [0.5, 0.6) is 5.75 Å². The molecule has 1 N–H and O–H groups in total. The summed E-state index contributed by atoms with van der Waals surface area (Å²) in [7, 11) is -3.02. The van der Waals surface area contributed by atoms with E-state index in [9.17, 15) is 18.3 Å². The Hall–Kier alpha value is -1.56. The summed E-state index contributed by atoms with van der Waals surface area (Å²) in [6, 6.07) is 6.09. The zero-order valence-corrected chi connectivity index (χ0v) is 10.7. The maximum atomic E-state index is 12.1. The fraction of sp³-hybridized carbons (Fsp3) is 0.417. The molecule has 0 radical (unpaired) electrons. The Bertz CT molecular complexity index is 553. The number of carbonyl (C=O) groups excluding carboxylic acids is 1. The molecule has 5 nitrogen and oxygen atoms in total. The second-order valence-corrected chi connectivity index (χ2v) is 6.65. The molecule has 0 saturated carbocycles. The lowest BCUT2D eigenvalue weighted by molar-refractivity contribution is 0.0768. The average molecular weight is 269 g/mol. The van der Waals surface area contributed by atoms with Gasteiger partial charge in [0.1, 0.15) is 5.75 Å². The molecule has 98 valence electrons. The molecule has 1 aromatic rings. The van der Waals surface area contributed by atoms with Gasteiger partial charge in [0, 0.05) is 18.7 Å². The molecule has 0 unspecified atom stereocenters. The van der Waals surface area contributed by atoms with Crippen LogP contribution in [-0.4, -0.2) is 48.9 Å². The van der Waals surface area contributed by atoms with Crippen LogP contribution in [0.3, 0.4) is 0 Å². The quantitative estimate of drug-likeness (QED) is 0.812. The van der Waals surface area contributed by atoms with E-state index in [-0.39, 0.29) is 29.7 Å². The van der Waals surface area contributed by atoms with Crippen LogP contribution < -0.4 is 0 Å². The van der Waals surface area contributed by atoms with Crippen molar-refractivity contribution in [2.24, 2.45) is 0 Å². The summed E-state index contributed by atoms with van der Waals surface area (Å²) < 4.78 is 22.9. The van der Waals surface area contributed by atoms with E-state index in [0.29, 0.717) is 18.5 Å². The second kappa shape index (κ2) is 4.97. The van der Waals surface area contributed by atoms with Crippen molar-refractivity contribution in [2.75, 3.05) is 24.6 Å². The smallest absolute Gasteiger partial charge is 0.254 e. The number of rotatable bonds is 1. The molecule has 6 heteroatoms. The molecule has 2 rings (SSSR count). The van der Waals surface area contributed by atoms with E-state index in [4.69, 9.17) is 0 Å². The van der Waals surface area contributed by atoms with E-state index >= 15 is 0 Å². The van der Waals surface area contributed by atoms with Gasteiger partial charge in [0.05, 0.1) is 11.5 Å². The highest BCUT2D eigenvalue weighted by Crippen LogP contribution is 2.14. The van der Waals surface area contributed by atoms with Gasteiger partial charge in [0.15, 0.2) is 9.84 Å². The Labute approximate surface area is 106 Å². The van der Waals surface area contributed by atoms with Crippen molar-refractivity contribution in [3.8, 4) is 5.75 Å². The fourth-order valence-corrected chi connectivity index (χ4v) is 3.23. The van der Waals surface area contributed by atoms with Crippen LogP contribution in [0.15, 0.2) is 24.3 Å². The lowest BCUT2D eigenvalue weighted by Crippen LogP contribution is -2.33. The third kappa shape index (κ3) is 3.01. The molecule has 0 atom stereocenters. The highest BCUT2D eigenvalue weighted by atomic mass is 32.2. The molecule has 1 heterocycles. The Morgan fingerprint density at radius 2 is 2.00 bits per heavy atom. The molecule has 1 aliphatic rings. The molecule has 0 bridgehead atoms. The Morgan fingerprint density at radius 3 is 2.72 bits per heavy atom. The van der Waals surface area contributed by atoms with Crippen molar-refractivity contribution in [1.29, 1.82) is 0 Å². The molecule has 1 saturated heterocycles. The Balaban J connectivity index is 2.14. The van der Waals surface area contributed by atoms with Gasteiger partial charge in [0.25, 0.3) is 5.91 Å². The Kier molecular flexibility index (Phi) is 3.56. The zero-order valence-electron chi connectivity index (χ0n) is 9.87. The van der Waals surface area contributed by atoms with E-state index in [1.807, 2.05) is 0 Å². The van der Waals surface area contributed by atoms with Crippen molar-refractivity contribution in [3.05, 3.63) is 29.8 Å². The van der Waals surface area contributed by atoms with Gasteiger partial charge in [-0.2, -0.15) is 0 Å². The van der Waals surface area contributed by atoms with Gasteiger partial charge in [-0.15, -0.1) is 0 Å². The number of phenols is 1. The van der Waals surface area contributed by atoms with E-state index in [2.05, 4.69) is 0 Å². The average Bonchev–Trinajstić information content (AvgIpc) is 2.49. The summed E-state index contributed by atoms with van der Waals surface area (Å²) in [6.07, 6.45) is 0.465. The number of phenolic OH excluding ortho intramolecular Hbond substituents is 1. The number of nitrogens with zero attached hydrogens (tertiary/aromatic N) is 1. The summed E-state index contributed by atoms with van der Waals surface area (Å²) in [5.41, 5.74) is 0.384. The number of carbonyl (C=O) groups is 1. The van der Waals surface area contributed by atoms with Gasteiger partial charge in [-0.05, 0) is 24.6 Å². The summed E-state index contributed by atoms with van der Waals surface area (Å²) in [5, 5.41) is 9.33. The minimum atomic E-state index is -3.02. The normalized spacial score (nSPS) is 19.2. The van der Waals surface area contributed by atoms with Crippen molar-refractivity contribution >= 4 is 15.7 Å². The third-order valence-corrected chi connectivity index (χ3v) is 4.65. The lowest BCUT2D eigenvalue weighted by Gasteiger charge is -2.19. The molecular formula is C12H15NO4S. The lowest BCUT2D eigenvalue weighted by atomic mass is 10.2. The van der Waals surface area contributed by atoms with Gasteiger partial charge in [-0.3, -0.25) is 4.79 Å². The standard InChI is InChI=1S/C12H15NO4S/c14-11-4-1-3-10(9-11)12(15)13-5-2-7-18(16,17)8-6-13/h1,3-4,9,14H,2,5-8H2. The fourth-order valence-electron chi connectivity index (χ4n) is 1.96. The van der Waals surface area contributed by atoms with E-state index in [0.717, 1.165) is 0 Å². The number of hydrogen-bond acceptors (Lipinski definition) is 4. The number of amides is 1. The molecular weight excluding hydrogens is 254 g/mol. The van der Waals surface area contributed by atoms with E-state index in [1.54, 1.807) is 12.1 Å². The van der Waals surface area contributed by atoms with Crippen LogP contribution in [0.25, 0.3) is 0 Å². The Morgan fingerprint density at radius 1 is 1.22 bits per heavy atom. The molecule has 1 fully saturated rings. The first-order valence-electron chi connectivity index (χ1n) is 5.77. The van der Waals surface area contributed by atoms with Gasteiger partial charge in [0.2, 0.25) is 0 Å². The van der Waals surface area contributed by atoms with Crippen LogP contribution in [0, 0.1) is 0 Å². The first-order valence-corrected chi connectivity index (χ1v) is 7.59. The topological polar surface area (TPSA) is 74.7 Å². The van der Waals surface area contributed by atoms with Crippen LogP contribution in [-0.2, 0) is 9.84 Å². The maximum absolute atomic E-state index is 12.1. The van der Waals surface area contributed by atoms with Gasteiger partial charge in [-0.1, -0.05) is 6.07 Å². The highest BCUT2D eigenvalue weighted by molar-refractivity contribution is 7.91. The van der Waals surface area contributed by atoms with Crippen LogP contribution in [0.4, 0.5) is 0 Å². The molecule has 1 aliphatic heterocycles. The minimum absolute atomic E-state index is 0.0115. The van der Waals surface area contributed by atoms with Crippen molar-refractivity contribution < 1.29 is 18.3 Å². The first-order chi connectivity index (χ1) is 8.48. The molecule has 1 amide bonds. The predicted octanol–water partition coefficient (Wildman–Crippen LogP) is 0.653. The number of benzene rings is 1. The third-order valence-electron chi connectivity index (χ3n) is 2.94. The van der Waals surface area contributed by atoms with Crippen LogP contribution in [0.1, 0.15) is 16.8 Å². The highest BCUT2D eigenvalue weighted by Gasteiger charge is 2.23. The van der Waals surface area contributed by atoms with Gasteiger partial charge in [-0.25, -0.2) is 8.42 Å². The van der Waals surface area contributed by atoms with E-state index < -0.39 is 9.84 Å². The predicted molar refractivity (Wildman–Crippen MR) is 67.3 cm³/mol. The zero-order chi connectivity index (χ0) is 13.2. The molecule has 0 spiro atoms. The number of aromatic hydroxyl groups is 1. The monoisotopic (exact) mass is 269 g/mol. The summed E-state index contributed by atoms with van der Waals surface area (Å²) >= 11 is 0. The van der Waals surface area contributed by atoms with Crippen molar-refractivity contribution in [1.82, 2.24) is 4.90 Å². The molecule has 0 aromatic heterocycles. The number of hydrogen-bond donors (Lipinski definition) is 1. The first kappa shape index (κ1) is 12.9. The minimum Gasteiger partial charge on any atom is -0.508 e. The maximum Gasteiger partial charge on any atom is 0.254 e. The van der Waals surface area contributed by atoms with Crippen molar-refractivity contribution in [2.45, 2.75) is 6.42 Å². The molecule has 0 aliphatic carbocycles. The van der Waals surface area contributed by atoms with Gasteiger partial charge < -0.3 is 10.0 Å². The molecule has 18 heavy (non-hydrogen) atoms. The van der Waals surface area contributed by atoms with E-state index in [1.165, 1.54) is 17.0 Å². The summed E-state index contributed by atoms with van der Waals surface area (Å²) in [5.74, 6) is -0.0553. The van der Waals surface area contributed by atoms with Crippen molar-refractivity contribution in [3.63, 3.8) is 0 Å². The molecule has 1 aromatic carbocycles. The SMILES string of the molecule is O=C(c1cccc(O)c1)N1CCCS(=O)(=O)CC1. The van der Waals surface area contributed by atoms with Crippen LogP contribution in [0.2, 0.25) is 0 Å². The number of sulfone groups is 1. The van der Waals surface area contributed by atoms with Gasteiger partial charge >= 0.3 is 0 Å². The largest absolute Gasteiger partial charge is 0.508 e. The second-order valence-electron chi connectivity index (χ2n) is 4.35. The van der Waals surface area contributed by atoms with Crippen LogP contribution >= 0.6 is 0 Å². The summed E-state index contributed by atoms with van der Waals surface area (Å²) in [4.78, 5) is 13.7. The summed E-state index contributed by atoms with van der Waals surface area (Å²) in [6.45, 7) is 0.657.